The quantitative estimate of drug-likeness (QED) is 0.885. The first kappa shape index (κ1) is 17.2. The molecule has 6 heteroatoms. The molecular weight excluding hydrogens is 304 g/mol. The fraction of sp³-hybridized carbons (Fsp3) is 0.667. The third-order valence-corrected chi connectivity index (χ3v) is 5.20. The van der Waals surface area contributed by atoms with Crippen LogP contribution in [0.3, 0.4) is 0 Å². The van der Waals surface area contributed by atoms with Crippen molar-refractivity contribution in [1.29, 1.82) is 0 Å². The van der Waals surface area contributed by atoms with Gasteiger partial charge in [-0.25, -0.2) is 4.98 Å². The van der Waals surface area contributed by atoms with Crippen LogP contribution in [0.5, 0.6) is 0 Å². The Kier molecular flexibility index (Phi) is 5.68. The summed E-state index contributed by atoms with van der Waals surface area (Å²) in [5, 5.41) is 9.78. The van der Waals surface area contributed by atoms with Gasteiger partial charge in [0, 0.05) is 51.4 Å². The van der Waals surface area contributed by atoms with Crippen molar-refractivity contribution in [2.24, 2.45) is 5.92 Å². The van der Waals surface area contributed by atoms with Gasteiger partial charge in [0.25, 0.3) is 0 Å². The lowest BCUT2D eigenvalue weighted by Gasteiger charge is -2.38. The van der Waals surface area contributed by atoms with Gasteiger partial charge >= 0.3 is 0 Å². The van der Waals surface area contributed by atoms with E-state index in [4.69, 9.17) is 0 Å². The van der Waals surface area contributed by atoms with E-state index in [0.29, 0.717) is 13.1 Å². The van der Waals surface area contributed by atoms with Gasteiger partial charge in [-0.2, -0.15) is 0 Å². The molecule has 0 saturated carbocycles. The van der Waals surface area contributed by atoms with Crippen molar-refractivity contribution in [2.45, 2.75) is 25.9 Å². The van der Waals surface area contributed by atoms with Gasteiger partial charge in [-0.05, 0) is 31.9 Å². The average Bonchev–Trinajstić information content (AvgIpc) is 2.63. The van der Waals surface area contributed by atoms with Crippen LogP contribution in [0.15, 0.2) is 24.4 Å². The molecule has 0 spiro atoms. The van der Waals surface area contributed by atoms with Crippen molar-refractivity contribution in [3.63, 3.8) is 0 Å². The van der Waals surface area contributed by atoms with E-state index in [1.165, 1.54) is 0 Å². The molecule has 1 aromatic rings. The first-order chi connectivity index (χ1) is 11.6. The zero-order valence-electron chi connectivity index (χ0n) is 14.5. The summed E-state index contributed by atoms with van der Waals surface area (Å²) in [5.74, 6) is 1.44. The van der Waals surface area contributed by atoms with Gasteiger partial charge < -0.3 is 14.9 Å². The van der Waals surface area contributed by atoms with Crippen molar-refractivity contribution in [2.75, 3.05) is 50.7 Å². The highest BCUT2D eigenvalue weighted by molar-refractivity contribution is 5.78. The Morgan fingerprint density at radius 3 is 2.75 bits per heavy atom. The fourth-order valence-electron chi connectivity index (χ4n) is 3.60. The maximum Gasteiger partial charge on any atom is 0.236 e. The number of rotatable bonds is 4. The van der Waals surface area contributed by atoms with E-state index in [0.717, 1.165) is 51.4 Å². The Balaban J connectivity index is 1.46. The Labute approximate surface area is 144 Å². The van der Waals surface area contributed by atoms with Crippen LogP contribution in [-0.4, -0.2) is 77.7 Å². The molecule has 2 saturated heterocycles. The van der Waals surface area contributed by atoms with E-state index in [1.54, 1.807) is 0 Å². The minimum absolute atomic E-state index is 0.201. The number of nitrogens with zero attached hydrogens (tertiary/aromatic N) is 4. The second-order valence-electron chi connectivity index (χ2n) is 6.93. The summed E-state index contributed by atoms with van der Waals surface area (Å²) >= 11 is 0. The fourth-order valence-corrected chi connectivity index (χ4v) is 3.60. The van der Waals surface area contributed by atoms with E-state index < -0.39 is 0 Å². The van der Waals surface area contributed by atoms with Crippen molar-refractivity contribution >= 4 is 11.7 Å². The summed E-state index contributed by atoms with van der Waals surface area (Å²) in [6.45, 7) is 7.42. The number of pyridine rings is 1. The van der Waals surface area contributed by atoms with Crippen LogP contribution >= 0.6 is 0 Å². The largest absolute Gasteiger partial charge is 0.393 e. The maximum absolute atomic E-state index is 12.6. The molecule has 0 aliphatic carbocycles. The molecule has 1 N–H and O–H groups in total. The molecule has 3 heterocycles. The summed E-state index contributed by atoms with van der Waals surface area (Å²) in [5.41, 5.74) is 0. The number of hydrogen-bond acceptors (Lipinski definition) is 5. The standard InChI is InChI=1S/C18H28N4O2/c1-15(23)16-5-4-8-22(13-16)18(24)14-20-9-11-21(12-10-20)17-6-2-3-7-19-17/h2-3,6-7,15-16,23H,4-5,8-14H2,1H3. The van der Waals surface area contributed by atoms with Gasteiger partial charge in [-0.1, -0.05) is 6.07 Å². The molecule has 24 heavy (non-hydrogen) atoms. The number of amides is 1. The number of piperazine rings is 1. The van der Waals surface area contributed by atoms with Crippen LogP contribution in [0.4, 0.5) is 5.82 Å². The second kappa shape index (κ2) is 7.94. The van der Waals surface area contributed by atoms with Crippen molar-refractivity contribution in [1.82, 2.24) is 14.8 Å². The molecule has 0 bridgehead atoms. The van der Waals surface area contributed by atoms with Crippen molar-refractivity contribution in [3.8, 4) is 0 Å². The summed E-state index contributed by atoms with van der Waals surface area (Å²) in [6.07, 6.45) is 3.50. The van der Waals surface area contributed by atoms with Crippen LogP contribution < -0.4 is 4.90 Å². The highest BCUT2D eigenvalue weighted by Crippen LogP contribution is 2.20. The van der Waals surface area contributed by atoms with Crippen molar-refractivity contribution < 1.29 is 9.90 Å². The van der Waals surface area contributed by atoms with Gasteiger partial charge in [0.15, 0.2) is 0 Å². The van der Waals surface area contributed by atoms with E-state index >= 15 is 0 Å². The monoisotopic (exact) mass is 332 g/mol. The van der Waals surface area contributed by atoms with E-state index in [2.05, 4.69) is 14.8 Å². The number of likely N-dealkylation sites (tertiary alicyclic amines) is 1. The predicted molar refractivity (Wildman–Crippen MR) is 93.9 cm³/mol. The van der Waals surface area contributed by atoms with Crippen LogP contribution in [0.1, 0.15) is 19.8 Å². The lowest BCUT2D eigenvalue weighted by Crippen LogP contribution is -2.52. The topological polar surface area (TPSA) is 59.9 Å². The van der Waals surface area contributed by atoms with Crippen molar-refractivity contribution in [3.05, 3.63) is 24.4 Å². The Morgan fingerprint density at radius 1 is 1.29 bits per heavy atom. The summed E-state index contributed by atoms with van der Waals surface area (Å²) in [6, 6.07) is 5.97. The molecule has 2 fully saturated rings. The number of aliphatic hydroxyl groups excluding tert-OH is 1. The number of aromatic nitrogens is 1. The number of carbonyl (C=O) groups is 1. The smallest absolute Gasteiger partial charge is 0.236 e. The number of anilines is 1. The van der Waals surface area contributed by atoms with E-state index in [1.807, 2.05) is 36.2 Å². The molecular formula is C18H28N4O2. The molecule has 0 aromatic carbocycles. The maximum atomic E-state index is 12.6. The van der Waals surface area contributed by atoms with Gasteiger partial charge in [0.05, 0.1) is 12.6 Å². The first-order valence-corrected chi connectivity index (χ1v) is 8.97. The lowest BCUT2D eigenvalue weighted by molar-refractivity contribution is -0.135. The van der Waals surface area contributed by atoms with Gasteiger partial charge in [-0.3, -0.25) is 9.69 Å². The second-order valence-corrected chi connectivity index (χ2v) is 6.93. The molecule has 2 aliphatic rings. The zero-order chi connectivity index (χ0) is 16.9. The third kappa shape index (κ3) is 4.24. The van der Waals surface area contributed by atoms with Gasteiger partial charge in [-0.15, -0.1) is 0 Å². The highest BCUT2D eigenvalue weighted by Gasteiger charge is 2.28. The molecule has 1 aromatic heterocycles. The van der Waals surface area contributed by atoms with Crippen LogP contribution in [0.25, 0.3) is 0 Å². The van der Waals surface area contributed by atoms with Gasteiger partial charge in [0.2, 0.25) is 5.91 Å². The number of aliphatic hydroxyl groups is 1. The van der Waals surface area contributed by atoms with Crippen LogP contribution in [0, 0.1) is 5.92 Å². The molecule has 2 atom stereocenters. The zero-order valence-corrected chi connectivity index (χ0v) is 14.5. The Bertz CT molecular complexity index is 529. The SMILES string of the molecule is CC(O)C1CCCN(C(=O)CN2CCN(c3ccccn3)CC2)C1. The Hall–Kier alpha value is -1.66. The molecule has 3 rings (SSSR count). The first-order valence-electron chi connectivity index (χ1n) is 8.97. The normalized spacial score (nSPS) is 24.0. The summed E-state index contributed by atoms with van der Waals surface area (Å²) < 4.78 is 0. The molecule has 6 nitrogen and oxygen atoms in total. The Morgan fingerprint density at radius 2 is 2.08 bits per heavy atom. The number of carbonyl (C=O) groups excluding carboxylic acids is 1. The highest BCUT2D eigenvalue weighted by atomic mass is 16.3. The van der Waals surface area contributed by atoms with E-state index in [9.17, 15) is 9.90 Å². The summed E-state index contributed by atoms with van der Waals surface area (Å²) in [7, 11) is 0. The lowest BCUT2D eigenvalue weighted by atomic mass is 9.93. The number of hydrogen-bond donors (Lipinski definition) is 1. The molecule has 0 radical (unpaired) electrons. The predicted octanol–water partition coefficient (Wildman–Crippen LogP) is 0.823. The molecule has 2 unspecified atom stereocenters. The van der Waals surface area contributed by atoms with Crippen LogP contribution in [0.2, 0.25) is 0 Å². The minimum Gasteiger partial charge on any atom is -0.393 e. The van der Waals surface area contributed by atoms with Gasteiger partial charge in [0.1, 0.15) is 5.82 Å². The van der Waals surface area contributed by atoms with E-state index in [-0.39, 0.29) is 17.9 Å². The molecule has 1 amide bonds. The van der Waals surface area contributed by atoms with Crippen LogP contribution in [-0.2, 0) is 4.79 Å². The minimum atomic E-state index is -0.331. The molecule has 132 valence electrons. The average molecular weight is 332 g/mol. The number of piperidine rings is 1. The molecule has 2 aliphatic heterocycles. The summed E-state index contributed by atoms with van der Waals surface area (Å²) in [4.78, 5) is 23.4. The third-order valence-electron chi connectivity index (χ3n) is 5.20.